The molecule has 1 saturated carbocycles. The van der Waals surface area contributed by atoms with E-state index in [1.165, 1.54) is 24.2 Å². The number of rotatable bonds is 7. The van der Waals surface area contributed by atoms with Crippen molar-refractivity contribution >= 4 is 28.8 Å². The van der Waals surface area contributed by atoms with Crippen molar-refractivity contribution in [2.75, 3.05) is 6.54 Å². The van der Waals surface area contributed by atoms with E-state index >= 15 is 0 Å². The molecule has 0 saturated heterocycles. The summed E-state index contributed by atoms with van der Waals surface area (Å²) in [5, 5.41) is 3.52. The molecule has 0 bridgehead atoms. The topological polar surface area (TPSA) is 42.4 Å². The fourth-order valence-electron chi connectivity index (χ4n) is 3.28. The molecule has 134 valence electrons. The quantitative estimate of drug-likeness (QED) is 0.700. The van der Waals surface area contributed by atoms with E-state index in [-0.39, 0.29) is 5.91 Å². The maximum absolute atomic E-state index is 12.6. The first kappa shape index (κ1) is 18.2. The second kappa shape index (κ2) is 8.68. The Morgan fingerprint density at radius 3 is 2.72 bits per heavy atom. The molecule has 0 atom stereocenters. The third-order valence-corrected chi connectivity index (χ3v) is 5.66. The monoisotopic (exact) mass is 378 g/mol. The van der Waals surface area contributed by atoms with Crippen molar-refractivity contribution < 1.29 is 9.53 Å². The van der Waals surface area contributed by atoms with Crippen LogP contribution in [0.2, 0.25) is 5.02 Å². The molecule has 0 aliphatic heterocycles. The second-order valence-corrected chi connectivity index (χ2v) is 7.65. The Hall–Kier alpha value is -1.59. The Morgan fingerprint density at radius 2 is 2.04 bits per heavy atom. The van der Waals surface area contributed by atoms with Crippen molar-refractivity contribution in [2.24, 2.45) is 0 Å². The number of likely N-dealkylation sites (N-methyl/N-ethyl adjacent to an activating group) is 1. The number of amides is 1. The minimum absolute atomic E-state index is 0.185. The van der Waals surface area contributed by atoms with E-state index in [1.54, 1.807) is 12.1 Å². The van der Waals surface area contributed by atoms with Crippen LogP contribution in [0.5, 0.6) is 5.75 Å². The van der Waals surface area contributed by atoms with Crippen molar-refractivity contribution in [3.63, 3.8) is 0 Å². The standard InChI is InChI=1S/C19H23ClN2O2S/c1-2-22(16-5-3-4-6-16)19(23)11-15-13-25-18(21-15)12-24-17-9-7-14(20)8-10-17/h7-10,13,16H,2-6,11-12H2,1H3. The lowest BCUT2D eigenvalue weighted by Gasteiger charge is -2.27. The summed E-state index contributed by atoms with van der Waals surface area (Å²) < 4.78 is 5.71. The summed E-state index contributed by atoms with van der Waals surface area (Å²) in [6.07, 6.45) is 5.12. The molecule has 6 heteroatoms. The number of aromatic nitrogens is 1. The van der Waals surface area contributed by atoms with Gasteiger partial charge < -0.3 is 9.64 Å². The molecule has 1 aliphatic carbocycles. The summed E-state index contributed by atoms with van der Waals surface area (Å²) in [5.74, 6) is 0.945. The Morgan fingerprint density at radius 1 is 1.32 bits per heavy atom. The van der Waals surface area contributed by atoms with Crippen LogP contribution in [0.3, 0.4) is 0 Å². The van der Waals surface area contributed by atoms with Crippen molar-refractivity contribution in [3.05, 3.63) is 45.4 Å². The van der Waals surface area contributed by atoms with E-state index in [9.17, 15) is 4.79 Å². The van der Waals surface area contributed by atoms with Crippen molar-refractivity contribution in [3.8, 4) is 5.75 Å². The van der Waals surface area contributed by atoms with Crippen LogP contribution in [0, 0.1) is 0 Å². The van der Waals surface area contributed by atoms with E-state index in [0.717, 1.165) is 35.8 Å². The largest absolute Gasteiger partial charge is 0.486 e. The first-order chi connectivity index (χ1) is 12.2. The molecule has 1 amide bonds. The summed E-state index contributed by atoms with van der Waals surface area (Å²) >= 11 is 7.40. The fourth-order valence-corrected chi connectivity index (χ4v) is 4.11. The molecular weight excluding hydrogens is 356 g/mol. The zero-order chi connectivity index (χ0) is 17.6. The number of thiazole rings is 1. The van der Waals surface area contributed by atoms with Gasteiger partial charge in [-0.2, -0.15) is 0 Å². The van der Waals surface area contributed by atoms with Gasteiger partial charge in [-0.3, -0.25) is 4.79 Å². The highest BCUT2D eigenvalue weighted by Crippen LogP contribution is 2.24. The Bertz CT molecular complexity index is 696. The van der Waals surface area contributed by atoms with Crippen molar-refractivity contribution in [1.29, 1.82) is 0 Å². The van der Waals surface area contributed by atoms with Crippen molar-refractivity contribution in [2.45, 2.75) is 51.7 Å². The number of carbonyl (C=O) groups excluding carboxylic acids is 1. The van der Waals surface area contributed by atoms with Gasteiger partial charge >= 0.3 is 0 Å². The molecule has 1 aliphatic rings. The number of ether oxygens (including phenoxy) is 1. The van der Waals surface area contributed by atoms with E-state index in [4.69, 9.17) is 16.3 Å². The van der Waals surface area contributed by atoms with E-state index in [1.807, 2.05) is 22.4 Å². The lowest BCUT2D eigenvalue weighted by atomic mass is 10.2. The summed E-state index contributed by atoms with van der Waals surface area (Å²) in [4.78, 5) is 19.2. The lowest BCUT2D eigenvalue weighted by Crippen LogP contribution is -2.39. The summed E-state index contributed by atoms with van der Waals surface area (Å²) in [5.41, 5.74) is 0.834. The van der Waals surface area contributed by atoms with Gasteiger partial charge in [0.1, 0.15) is 17.4 Å². The highest BCUT2D eigenvalue weighted by molar-refractivity contribution is 7.09. The predicted octanol–water partition coefficient (Wildman–Crippen LogP) is 4.71. The maximum atomic E-state index is 12.6. The van der Waals surface area contributed by atoms with Crippen LogP contribution in [0.1, 0.15) is 43.3 Å². The first-order valence-electron chi connectivity index (χ1n) is 8.77. The van der Waals surface area contributed by atoms with Gasteiger partial charge in [-0.05, 0) is 44.0 Å². The summed E-state index contributed by atoms with van der Waals surface area (Å²) in [6, 6.07) is 7.68. The molecule has 1 aromatic heterocycles. The molecule has 25 heavy (non-hydrogen) atoms. The van der Waals surface area contributed by atoms with Gasteiger partial charge in [-0.15, -0.1) is 11.3 Å². The third-order valence-electron chi connectivity index (χ3n) is 4.53. The van der Waals surface area contributed by atoms with Gasteiger partial charge in [-0.25, -0.2) is 4.98 Å². The molecule has 1 aromatic carbocycles. The normalized spacial score (nSPS) is 14.6. The van der Waals surface area contributed by atoms with Crippen LogP contribution >= 0.6 is 22.9 Å². The molecule has 0 spiro atoms. The second-order valence-electron chi connectivity index (χ2n) is 6.27. The molecule has 0 radical (unpaired) electrons. The van der Waals surface area contributed by atoms with Crippen LogP contribution < -0.4 is 4.74 Å². The minimum atomic E-state index is 0.185. The number of hydrogen-bond acceptors (Lipinski definition) is 4. The van der Waals surface area contributed by atoms with Gasteiger partial charge in [0, 0.05) is 23.0 Å². The number of hydrogen-bond donors (Lipinski definition) is 0. The number of halogens is 1. The summed E-state index contributed by atoms with van der Waals surface area (Å²) in [6.45, 7) is 3.24. The smallest absolute Gasteiger partial charge is 0.228 e. The molecular formula is C19H23ClN2O2S. The molecule has 2 aromatic rings. The average Bonchev–Trinajstić information content (AvgIpc) is 3.27. The number of nitrogens with zero attached hydrogens (tertiary/aromatic N) is 2. The SMILES string of the molecule is CCN(C(=O)Cc1csc(COc2ccc(Cl)cc2)n1)C1CCCC1. The summed E-state index contributed by atoms with van der Waals surface area (Å²) in [7, 11) is 0. The van der Waals surface area contributed by atoms with Gasteiger partial charge in [0.05, 0.1) is 12.1 Å². The molecule has 1 fully saturated rings. The molecule has 1 heterocycles. The predicted molar refractivity (Wildman–Crippen MR) is 101 cm³/mol. The lowest BCUT2D eigenvalue weighted by molar-refractivity contribution is -0.132. The van der Waals surface area contributed by atoms with E-state index < -0.39 is 0 Å². The maximum Gasteiger partial charge on any atom is 0.228 e. The zero-order valence-corrected chi connectivity index (χ0v) is 16.0. The van der Waals surface area contributed by atoms with E-state index in [2.05, 4.69) is 11.9 Å². The average molecular weight is 379 g/mol. The van der Waals surface area contributed by atoms with Gasteiger partial charge in [0.2, 0.25) is 5.91 Å². The van der Waals surface area contributed by atoms with Gasteiger partial charge in [-0.1, -0.05) is 24.4 Å². The highest BCUT2D eigenvalue weighted by Gasteiger charge is 2.25. The van der Waals surface area contributed by atoms with Crippen LogP contribution in [0.4, 0.5) is 0 Å². The van der Waals surface area contributed by atoms with Crippen LogP contribution in [-0.4, -0.2) is 28.4 Å². The molecule has 3 rings (SSSR count). The zero-order valence-electron chi connectivity index (χ0n) is 14.4. The van der Waals surface area contributed by atoms with E-state index in [0.29, 0.717) is 24.1 Å². The van der Waals surface area contributed by atoms with Crippen LogP contribution in [-0.2, 0) is 17.8 Å². The van der Waals surface area contributed by atoms with Crippen LogP contribution in [0.25, 0.3) is 0 Å². The molecule has 0 unspecified atom stereocenters. The Kier molecular flexibility index (Phi) is 6.32. The van der Waals surface area contributed by atoms with Crippen LogP contribution in [0.15, 0.2) is 29.6 Å². The Balaban J connectivity index is 1.53. The van der Waals surface area contributed by atoms with Gasteiger partial charge in [0.15, 0.2) is 0 Å². The Labute approximate surface area is 157 Å². The third kappa shape index (κ3) is 4.95. The fraction of sp³-hybridized carbons (Fsp3) is 0.474. The molecule has 0 N–H and O–H groups in total. The minimum Gasteiger partial charge on any atom is -0.486 e. The number of benzene rings is 1. The number of carbonyl (C=O) groups is 1. The molecule has 4 nitrogen and oxygen atoms in total. The first-order valence-corrected chi connectivity index (χ1v) is 10.0. The van der Waals surface area contributed by atoms with Gasteiger partial charge in [0.25, 0.3) is 0 Å². The van der Waals surface area contributed by atoms with Crippen molar-refractivity contribution in [1.82, 2.24) is 9.88 Å². The highest BCUT2D eigenvalue weighted by atomic mass is 35.5.